The zero-order valence-corrected chi connectivity index (χ0v) is 14.1. The lowest BCUT2D eigenvalue weighted by molar-refractivity contribution is -0.142. The van der Waals surface area contributed by atoms with E-state index < -0.39 is 11.9 Å². The van der Waals surface area contributed by atoms with Crippen LogP contribution < -0.4 is 11.1 Å². The van der Waals surface area contributed by atoms with E-state index in [1.54, 1.807) is 12.1 Å². The van der Waals surface area contributed by atoms with E-state index in [9.17, 15) is 9.59 Å². The van der Waals surface area contributed by atoms with E-state index in [2.05, 4.69) is 5.32 Å². The van der Waals surface area contributed by atoms with Crippen LogP contribution in [-0.2, 0) is 14.3 Å². The molecule has 0 amide bonds. The molecule has 130 valence electrons. The molecule has 0 saturated carbocycles. The van der Waals surface area contributed by atoms with Gasteiger partial charge in [-0.25, -0.2) is 4.79 Å². The molecule has 1 aliphatic heterocycles. The summed E-state index contributed by atoms with van der Waals surface area (Å²) in [5, 5.41) is 3.37. The first-order valence-corrected chi connectivity index (χ1v) is 7.96. The van der Waals surface area contributed by atoms with Crippen molar-refractivity contribution in [2.24, 2.45) is 0 Å². The molecule has 2 unspecified atom stereocenters. The fraction of sp³-hybridized carbons (Fsp3) is 0.263. The first-order chi connectivity index (χ1) is 12.0. The highest BCUT2D eigenvalue weighted by Crippen LogP contribution is 2.43. The molecule has 6 heteroatoms. The van der Waals surface area contributed by atoms with Gasteiger partial charge in [0.15, 0.2) is 0 Å². The average Bonchev–Trinajstić information content (AvgIpc) is 2.66. The second kappa shape index (κ2) is 6.84. The topological polar surface area (TPSA) is 90.6 Å². The van der Waals surface area contributed by atoms with Gasteiger partial charge in [-0.3, -0.25) is 4.79 Å². The molecule has 0 aliphatic carbocycles. The Morgan fingerprint density at radius 2 is 1.84 bits per heavy atom. The molecule has 2 atom stereocenters. The third-order valence-electron chi connectivity index (χ3n) is 4.45. The van der Waals surface area contributed by atoms with Gasteiger partial charge in [-0.05, 0) is 29.7 Å². The van der Waals surface area contributed by atoms with Crippen LogP contribution in [0.25, 0.3) is 0 Å². The predicted molar refractivity (Wildman–Crippen MR) is 94.4 cm³/mol. The maximum Gasteiger partial charge on any atom is 0.340 e. The lowest BCUT2D eigenvalue weighted by atomic mass is 9.83. The van der Waals surface area contributed by atoms with Crippen molar-refractivity contribution in [2.45, 2.75) is 18.4 Å². The van der Waals surface area contributed by atoms with Gasteiger partial charge < -0.3 is 20.5 Å². The summed E-state index contributed by atoms with van der Waals surface area (Å²) in [6, 6.07) is 12.9. The van der Waals surface area contributed by atoms with Gasteiger partial charge in [0.25, 0.3) is 0 Å². The van der Waals surface area contributed by atoms with Gasteiger partial charge in [0.2, 0.25) is 0 Å². The smallest absolute Gasteiger partial charge is 0.340 e. The van der Waals surface area contributed by atoms with E-state index in [1.807, 2.05) is 30.3 Å². The zero-order chi connectivity index (χ0) is 18.0. The molecule has 0 aromatic heterocycles. The Balaban J connectivity index is 2.14. The highest BCUT2D eigenvalue weighted by atomic mass is 16.5. The Morgan fingerprint density at radius 3 is 2.48 bits per heavy atom. The number of anilines is 2. The molecule has 0 spiro atoms. The summed E-state index contributed by atoms with van der Waals surface area (Å²) in [7, 11) is 2.67. The summed E-state index contributed by atoms with van der Waals surface area (Å²) in [5.41, 5.74) is 8.89. The highest BCUT2D eigenvalue weighted by molar-refractivity contribution is 5.99. The minimum absolute atomic E-state index is 0.134. The number of methoxy groups -OCH3 is 2. The van der Waals surface area contributed by atoms with Gasteiger partial charge in [0.1, 0.15) is 0 Å². The Bertz CT molecular complexity index is 805. The summed E-state index contributed by atoms with van der Waals surface area (Å²) in [6.45, 7) is 0. The second-order valence-corrected chi connectivity index (χ2v) is 5.94. The van der Waals surface area contributed by atoms with Gasteiger partial charge >= 0.3 is 11.9 Å². The number of hydrogen-bond donors (Lipinski definition) is 2. The summed E-state index contributed by atoms with van der Waals surface area (Å²) in [6.07, 6.45) is 0.508. The van der Waals surface area contributed by atoms with Crippen LogP contribution in [0.15, 0.2) is 42.5 Å². The standard InChI is InChI=1S/C19H20N2O4/c1-24-18(22)14-10-16(11-6-4-3-5-7-11)21-17-13(14)8-12(20)9-15(17)19(23)25-2/h3-9,14,16,21H,10,20H2,1-2H3. The molecule has 0 radical (unpaired) electrons. The average molecular weight is 340 g/mol. The molecule has 3 N–H and O–H groups in total. The van der Waals surface area contributed by atoms with E-state index in [1.165, 1.54) is 14.2 Å². The number of benzene rings is 2. The number of nitrogen functional groups attached to an aromatic ring is 1. The minimum atomic E-state index is -0.515. The Hall–Kier alpha value is -3.02. The molecule has 0 saturated heterocycles. The van der Waals surface area contributed by atoms with E-state index in [0.29, 0.717) is 28.9 Å². The largest absolute Gasteiger partial charge is 0.469 e. The highest BCUT2D eigenvalue weighted by Gasteiger charge is 2.35. The molecular formula is C19H20N2O4. The van der Waals surface area contributed by atoms with Crippen molar-refractivity contribution >= 4 is 23.3 Å². The Kier molecular flexibility index (Phi) is 4.61. The van der Waals surface area contributed by atoms with Crippen molar-refractivity contribution in [3.05, 3.63) is 59.2 Å². The number of ether oxygens (including phenoxy) is 2. The van der Waals surface area contributed by atoms with Crippen molar-refractivity contribution < 1.29 is 19.1 Å². The fourth-order valence-electron chi connectivity index (χ4n) is 3.26. The third-order valence-corrected chi connectivity index (χ3v) is 4.45. The Morgan fingerprint density at radius 1 is 1.12 bits per heavy atom. The fourth-order valence-corrected chi connectivity index (χ4v) is 3.26. The third kappa shape index (κ3) is 3.15. The number of carbonyl (C=O) groups excluding carboxylic acids is 2. The van der Waals surface area contributed by atoms with Gasteiger partial charge in [-0.1, -0.05) is 30.3 Å². The van der Waals surface area contributed by atoms with E-state index in [-0.39, 0.29) is 12.0 Å². The second-order valence-electron chi connectivity index (χ2n) is 5.94. The van der Waals surface area contributed by atoms with Crippen molar-refractivity contribution in [3.8, 4) is 0 Å². The van der Waals surface area contributed by atoms with Crippen molar-refractivity contribution in [1.82, 2.24) is 0 Å². The van der Waals surface area contributed by atoms with E-state index in [4.69, 9.17) is 15.2 Å². The summed E-state index contributed by atoms with van der Waals surface area (Å²) in [5.74, 6) is -1.38. The summed E-state index contributed by atoms with van der Waals surface area (Å²) in [4.78, 5) is 24.6. The van der Waals surface area contributed by atoms with Gasteiger partial charge in [0, 0.05) is 5.69 Å². The van der Waals surface area contributed by atoms with Crippen LogP contribution in [0.1, 0.15) is 39.9 Å². The predicted octanol–water partition coefficient (Wildman–Crippen LogP) is 2.87. The van der Waals surface area contributed by atoms with Gasteiger partial charge in [-0.2, -0.15) is 0 Å². The summed E-state index contributed by atoms with van der Waals surface area (Å²) >= 11 is 0. The Labute approximate surface area is 145 Å². The van der Waals surface area contributed by atoms with Crippen molar-refractivity contribution in [3.63, 3.8) is 0 Å². The number of fused-ring (bicyclic) bond motifs is 1. The van der Waals surface area contributed by atoms with Gasteiger partial charge in [0.05, 0.1) is 37.4 Å². The van der Waals surface area contributed by atoms with Crippen LogP contribution in [0, 0.1) is 0 Å². The van der Waals surface area contributed by atoms with Crippen LogP contribution in [-0.4, -0.2) is 26.2 Å². The number of nitrogens with two attached hydrogens (primary N) is 1. The number of nitrogens with one attached hydrogen (secondary N) is 1. The maximum atomic E-state index is 12.4. The van der Waals surface area contributed by atoms with Crippen LogP contribution in [0.4, 0.5) is 11.4 Å². The first-order valence-electron chi connectivity index (χ1n) is 7.96. The maximum absolute atomic E-state index is 12.4. The number of hydrogen-bond acceptors (Lipinski definition) is 6. The summed E-state index contributed by atoms with van der Waals surface area (Å²) < 4.78 is 9.84. The monoisotopic (exact) mass is 340 g/mol. The van der Waals surface area contributed by atoms with E-state index in [0.717, 1.165) is 5.56 Å². The molecular weight excluding hydrogens is 320 g/mol. The van der Waals surface area contributed by atoms with Crippen LogP contribution in [0.2, 0.25) is 0 Å². The molecule has 1 heterocycles. The molecule has 0 bridgehead atoms. The molecule has 1 aliphatic rings. The van der Waals surface area contributed by atoms with Crippen LogP contribution in [0.3, 0.4) is 0 Å². The van der Waals surface area contributed by atoms with E-state index >= 15 is 0 Å². The molecule has 2 aromatic carbocycles. The quantitative estimate of drug-likeness (QED) is 0.659. The first kappa shape index (κ1) is 16.8. The SMILES string of the molecule is COC(=O)c1cc(N)cc2c1NC(c1ccccc1)CC2C(=O)OC. The number of esters is 2. The number of carbonyl (C=O) groups is 2. The van der Waals surface area contributed by atoms with Crippen molar-refractivity contribution in [1.29, 1.82) is 0 Å². The lowest BCUT2D eigenvalue weighted by Gasteiger charge is -2.33. The molecule has 2 aromatic rings. The molecule has 6 nitrogen and oxygen atoms in total. The molecule has 25 heavy (non-hydrogen) atoms. The molecule has 0 fully saturated rings. The normalized spacial score (nSPS) is 18.6. The van der Waals surface area contributed by atoms with Crippen molar-refractivity contribution in [2.75, 3.05) is 25.3 Å². The minimum Gasteiger partial charge on any atom is -0.469 e. The van der Waals surface area contributed by atoms with Crippen LogP contribution in [0.5, 0.6) is 0 Å². The van der Waals surface area contributed by atoms with Crippen LogP contribution >= 0.6 is 0 Å². The zero-order valence-electron chi connectivity index (χ0n) is 14.1. The lowest BCUT2D eigenvalue weighted by Crippen LogP contribution is -2.28. The molecule has 3 rings (SSSR count). The van der Waals surface area contributed by atoms with Gasteiger partial charge in [-0.15, -0.1) is 0 Å². The number of rotatable bonds is 3.